The molecule has 1 amide bonds. The van der Waals surface area contributed by atoms with Crippen LogP contribution in [0.1, 0.15) is 27.5 Å². The number of rotatable bonds is 6. The van der Waals surface area contributed by atoms with E-state index in [2.05, 4.69) is 10.3 Å². The number of aliphatic hydroxyl groups is 1. The van der Waals surface area contributed by atoms with Crippen LogP contribution in [-0.2, 0) is 13.1 Å². The molecule has 0 radical (unpaired) electrons. The molecular formula is C17H20FN3O2S. The summed E-state index contributed by atoms with van der Waals surface area (Å²) < 4.78 is 14.0. The summed E-state index contributed by atoms with van der Waals surface area (Å²) in [5, 5.41) is 14.7. The van der Waals surface area contributed by atoms with Crippen molar-refractivity contribution < 1.29 is 14.3 Å². The molecule has 0 spiro atoms. The maximum Gasteiger partial charge on any atom is 0.251 e. The predicted octanol–water partition coefficient (Wildman–Crippen LogP) is 1.98. The summed E-state index contributed by atoms with van der Waals surface area (Å²) in [6.07, 6.45) is 0.355. The van der Waals surface area contributed by atoms with Crippen molar-refractivity contribution in [1.29, 1.82) is 0 Å². The van der Waals surface area contributed by atoms with Crippen molar-refractivity contribution in [3.8, 4) is 0 Å². The molecule has 1 fully saturated rings. The number of carbonyl (C=O) groups excluding carboxylic acids is 1. The fraction of sp³-hybridized carbons (Fsp3) is 0.412. The number of alkyl halides is 1. The third kappa shape index (κ3) is 4.17. The van der Waals surface area contributed by atoms with Crippen LogP contribution >= 0.6 is 11.3 Å². The lowest BCUT2D eigenvalue weighted by atomic mass is 10.1. The number of thiazole rings is 1. The van der Waals surface area contributed by atoms with Gasteiger partial charge in [-0.1, -0.05) is 18.2 Å². The fourth-order valence-corrected chi connectivity index (χ4v) is 3.49. The molecule has 0 saturated carbocycles. The standard InChI is InChI=1S/C17H20FN3O2S/c18-17(12-22)6-7-21(11-17)9-14-10-24-15(20-14)8-19-16(23)13-4-2-1-3-5-13/h1-5,10,22H,6-9,11-12H2,(H,19,23). The third-order valence-corrected chi connectivity index (χ3v) is 4.99. The van der Waals surface area contributed by atoms with Crippen molar-refractivity contribution in [2.45, 2.75) is 25.2 Å². The Morgan fingerprint density at radius 1 is 1.42 bits per heavy atom. The largest absolute Gasteiger partial charge is 0.393 e. The number of aromatic nitrogens is 1. The van der Waals surface area contributed by atoms with Gasteiger partial charge in [-0.15, -0.1) is 11.3 Å². The van der Waals surface area contributed by atoms with Gasteiger partial charge >= 0.3 is 0 Å². The molecule has 24 heavy (non-hydrogen) atoms. The zero-order valence-corrected chi connectivity index (χ0v) is 14.1. The van der Waals surface area contributed by atoms with E-state index in [4.69, 9.17) is 5.11 Å². The zero-order valence-electron chi connectivity index (χ0n) is 13.2. The van der Waals surface area contributed by atoms with Crippen LogP contribution in [0.5, 0.6) is 0 Å². The molecule has 2 N–H and O–H groups in total. The summed E-state index contributed by atoms with van der Waals surface area (Å²) in [6.45, 7) is 1.37. The number of benzene rings is 1. The number of hydrogen-bond donors (Lipinski definition) is 2. The molecule has 0 bridgehead atoms. The van der Waals surface area contributed by atoms with Gasteiger partial charge in [0.1, 0.15) is 10.7 Å². The Labute approximate surface area is 144 Å². The lowest BCUT2D eigenvalue weighted by Crippen LogP contribution is -2.32. The lowest BCUT2D eigenvalue weighted by Gasteiger charge is -2.17. The number of aliphatic hydroxyl groups excluding tert-OH is 1. The van der Waals surface area contributed by atoms with Crippen molar-refractivity contribution in [3.05, 3.63) is 52.0 Å². The van der Waals surface area contributed by atoms with E-state index in [1.165, 1.54) is 11.3 Å². The highest BCUT2D eigenvalue weighted by atomic mass is 32.1. The van der Waals surface area contributed by atoms with Gasteiger partial charge in [0.15, 0.2) is 0 Å². The van der Waals surface area contributed by atoms with Gasteiger partial charge in [0, 0.05) is 30.6 Å². The van der Waals surface area contributed by atoms with Crippen LogP contribution in [0.3, 0.4) is 0 Å². The second-order valence-electron chi connectivity index (χ2n) is 6.05. The number of carbonyl (C=O) groups is 1. The van der Waals surface area contributed by atoms with Crippen LogP contribution in [0.15, 0.2) is 35.7 Å². The monoisotopic (exact) mass is 349 g/mol. The second kappa shape index (κ2) is 7.38. The van der Waals surface area contributed by atoms with E-state index in [0.29, 0.717) is 31.6 Å². The lowest BCUT2D eigenvalue weighted by molar-refractivity contribution is 0.0768. The number of nitrogens with zero attached hydrogens (tertiary/aromatic N) is 2. The molecule has 1 aliphatic rings. The van der Waals surface area contributed by atoms with Crippen LogP contribution in [0.25, 0.3) is 0 Å². The number of halogens is 1. The summed E-state index contributed by atoms with van der Waals surface area (Å²) in [6, 6.07) is 9.04. The second-order valence-corrected chi connectivity index (χ2v) is 6.99. The Morgan fingerprint density at radius 2 is 2.21 bits per heavy atom. The van der Waals surface area contributed by atoms with Gasteiger partial charge in [-0.05, 0) is 18.6 Å². The van der Waals surface area contributed by atoms with Crippen LogP contribution in [0.2, 0.25) is 0 Å². The molecule has 1 unspecified atom stereocenters. The van der Waals surface area contributed by atoms with Crippen molar-refractivity contribution >= 4 is 17.2 Å². The van der Waals surface area contributed by atoms with Crippen molar-refractivity contribution in [2.75, 3.05) is 19.7 Å². The van der Waals surface area contributed by atoms with Gasteiger partial charge in [0.2, 0.25) is 0 Å². The van der Waals surface area contributed by atoms with Gasteiger partial charge in [-0.2, -0.15) is 0 Å². The van der Waals surface area contributed by atoms with Gasteiger partial charge in [-0.25, -0.2) is 9.37 Å². The van der Waals surface area contributed by atoms with Crippen LogP contribution in [0.4, 0.5) is 4.39 Å². The van der Waals surface area contributed by atoms with E-state index < -0.39 is 12.3 Å². The third-order valence-electron chi connectivity index (χ3n) is 4.09. The number of hydrogen-bond acceptors (Lipinski definition) is 5. The Kier molecular flexibility index (Phi) is 5.23. The van der Waals surface area contributed by atoms with E-state index in [-0.39, 0.29) is 12.5 Å². The summed E-state index contributed by atoms with van der Waals surface area (Å²) in [7, 11) is 0. The molecule has 128 valence electrons. The van der Waals surface area contributed by atoms with Gasteiger partial charge in [0.25, 0.3) is 5.91 Å². The first kappa shape index (κ1) is 17.0. The minimum Gasteiger partial charge on any atom is -0.393 e. The predicted molar refractivity (Wildman–Crippen MR) is 90.5 cm³/mol. The van der Waals surface area contributed by atoms with E-state index in [1.54, 1.807) is 12.1 Å². The number of amides is 1. The minimum absolute atomic E-state index is 0.128. The summed E-state index contributed by atoms with van der Waals surface area (Å²) in [5.74, 6) is -0.128. The molecule has 1 aromatic heterocycles. The van der Waals surface area contributed by atoms with Crippen LogP contribution < -0.4 is 5.32 Å². The summed E-state index contributed by atoms with van der Waals surface area (Å²) >= 11 is 1.48. The van der Waals surface area contributed by atoms with Gasteiger partial charge < -0.3 is 10.4 Å². The Balaban J connectivity index is 1.50. The first-order valence-corrected chi connectivity index (χ1v) is 8.75. The number of nitrogens with one attached hydrogen (secondary N) is 1. The molecule has 1 aromatic carbocycles. The Bertz CT molecular complexity index is 694. The summed E-state index contributed by atoms with van der Waals surface area (Å²) in [5.41, 5.74) is 0.00322. The number of likely N-dealkylation sites (tertiary alicyclic amines) is 1. The fourth-order valence-electron chi connectivity index (χ4n) is 2.76. The molecule has 2 aromatic rings. The molecule has 1 aliphatic heterocycles. The molecule has 0 aliphatic carbocycles. The molecule has 7 heteroatoms. The van der Waals surface area contributed by atoms with E-state index in [1.807, 2.05) is 28.5 Å². The Morgan fingerprint density at radius 3 is 2.92 bits per heavy atom. The highest BCUT2D eigenvalue weighted by molar-refractivity contribution is 7.09. The van der Waals surface area contributed by atoms with Crippen molar-refractivity contribution in [2.24, 2.45) is 0 Å². The molecule has 1 saturated heterocycles. The van der Waals surface area contributed by atoms with E-state index in [0.717, 1.165) is 10.7 Å². The van der Waals surface area contributed by atoms with Gasteiger partial charge in [-0.3, -0.25) is 9.69 Å². The average Bonchev–Trinajstić information content (AvgIpc) is 3.21. The molecule has 5 nitrogen and oxygen atoms in total. The zero-order chi connectivity index (χ0) is 17.0. The minimum atomic E-state index is -1.48. The molecule has 3 rings (SSSR count). The SMILES string of the molecule is O=C(NCc1nc(CN2CCC(F)(CO)C2)cs1)c1ccccc1. The molecular weight excluding hydrogens is 329 g/mol. The summed E-state index contributed by atoms with van der Waals surface area (Å²) in [4.78, 5) is 18.4. The quantitative estimate of drug-likeness (QED) is 0.837. The van der Waals surface area contributed by atoms with Crippen molar-refractivity contribution in [3.63, 3.8) is 0 Å². The normalized spacial score (nSPS) is 21.1. The smallest absolute Gasteiger partial charge is 0.251 e. The topological polar surface area (TPSA) is 65.5 Å². The van der Waals surface area contributed by atoms with E-state index in [9.17, 15) is 9.18 Å². The van der Waals surface area contributed by atoms with Crippen molar-refractivity contribution in [1.82, 2.24) is 15.2 Å². The first-order chi connectivity index (χ1) is 11.6. The van der Waals surface area contributed by atoms with Gasteiger partial charge in [0.05, 0.1) is 18.8 Å². The average molecular weight is 349 g/mol. The van der Waals surface area contributed by atoms with E-state index >= 15 is 0 Å². The Hall–Kier alpha value is -1.83. The molecule has 1 atom stereocenters. The van der Waals surface area contributed by atoms with Crippen LogP contribution in [0, 0.1) is 0 Å². The first-order valence-electron chi connectivity index (χ1n) is 7.87. The molecule has 2 heterocycles. The highest BCUT2D eigenvalue weighted by Gasteiger charge is 2.37. The maximum atomic E-state index is 14.0. The van der Waals surface area contributed by atoms with Crippen LogP contribution in [-0.4, -0.2) is 46.3 Å². The highest BCUT2D eigenvalue weighted by Crippen LogP contribution is 2.26. The maximum absolute atomic E-state index is 14.0.